The molecule has 0 fully saturated rings. The number of nitrogens with one attached hydrogen (secondary N) is 4. The number of ether oxygens (including phenoxy) is 4. The molecule has 132 heavy (non-hydrogen) atoms. The SMILES string of the molecule is Cc1cc(OCCCc2c(C(=O)NS(C)(=O)=O)n(C)c3ccccc23)cc(C)c1Cl.Cc1cc(OCCCc2c(C(=O)NS(C)(=O)=O)n(Cc3ccccc3)c3ccccc23)cc(C)c1Cl.Cc1cc(OCCCc2c(C(=O)NS(C)(=O)=O)n(Cc3ccccc3)c3ccccc23)ccc1Cl.Cn1c(C(=O)NS(C)(=O)=O)c(CCCOc2cccc3ccccc23)c2ccccc21. The van der Waals surface area contributed by atoms with Gasteiger partial charge in [0.1, 0.15) is 45.8 Å². The fourth-order valence-corrected chi connectivity index (χ4v) is 18.4. The molecule has 0 bridgehead atoms. The van der Waals surface area contributed by atoms with Crippen molar-refractivity contribution in [2.75, 3.05) is 51.5 Å². The summed E-state index contributed by atoms with van der Waals surface area (Å²) >= 11 is 18.6. The zero-order valence-corrected chi connectivity index (χ0v) is 80.6. The van der Waals surface area contributed by atoms with E-state index in [1.165, 1.54) is 0 Å². The van der Waals surface area contributed by atoms with Crippen molar-refractivity contribution < 1.29 is 71.8 Å². The van der Waals surface area contributed by atoms with Crippen molar-refractivity contribution in [3.05, 3.63) is 342 Å². The molecule has 0 saturated heterocycles. The summed E-state index contributed by atoms with van der Waals surface area (Å²) in [5.74, 6) is 0.536. The minimum Gasteiger partial charge on any atom is -0.494 e. The molecule has 24 nitrogen and oxygen atoms in total. The van der Waals surface area contributed by atoms with Gasteiger partial charge in [-0.1, -0.05) is 205 Å². The number of halogens is 3. The first-order valence-electron chi connectivity index (χ1n) is 42.6. The zero-order chi connectivity index (χ0) is 94.9. The molecular weight excluding hydrogens is 1820 g/mol. The summed E-state index contributed by atoms with van der Waals surface area (Å²) in [7, 11) is -11.3. The molecule has 31 heteroatoms. The Morgan fingerprint density at radius 1 is 0.311 bits per heavy atom. The predicted octanol–water partition coefficient (Wildman–Crippen LogP) is 19.2. The van der Waals surface area contributed by atoms with Gasteiger partial charge < -0.3 is 37.2 Å². The normalized spacial score (nSPS) is 11.6. The van der Waals surface area contributed by atoms with E-state index < -0.39 is 63.7 Å². The van der Waals surface area contributed by atoms with Gasteiger partial charge in [-0.25, -0.2) is 52.6 Å². The van der Waals surface area contributed by atoms with Crippen molar-refractivity contribution in [1.29, 1.82) is 0 Å². The standard InChI is InChI=1S/C28H29ClN2O4S.C27H27ClN2O4S.C24H24N2O4S.C22H25ClN2O4S/c1-19-16-22(17-20(2)26(19)29)35-15-9-13-24-23-12-7-8-14-25(23)31(18-21-10-5-4-6-11-21)27(24)28(32)30-36(3,33)34;1-19-17-21(14-15-24(19)28)34-16-8-12-23-22-11-6-7-13-25(22)30(18-20-9-4-3-5-10-20)26(23)27(31)29-35(2,32)33;1-26-21-14-6-5-12-19(21)20(23(26)24(27)25-31(2,28)29)13-8-16-30-22-15-7-10-17-9-3-4-11-18(17)22;1-14-12-16(13-15(2)20(14)23)29-11-7-9-18-17-8-5-6-10-19(17)25(3)21(18)22(26)24-30(4,27)28/h4-8,10-12,14,16-17H,9,13,15,18H2,1-3H3,(H,30,32);3-7,9-11,13-15,17H,8,12,16,18H2,1-2H3,(H,29,31);3-7,9-12,14-15H,8,13,16H2,1-2H3,(H,25,27);5-6,8,10,12-13H,7,9,11H2,1-4H3,(H,24,26). The summed E-state index contributed by atoms with van der Waals surface area (Å²) in [5, 5.41) is 8.04. The largest absolute Gasteiger partial charge is 0.494 e. The molecule has 15 aromatic rings. The van der Waals surface area contributed by atoms with Gasteiger partial charge in [-0.15, -0.1) is 0 Å². The lowest BCUT2D eigenvalue weighted by atomic mass is 10.1. The lowest BCUT2D eigenvalue weighted by Crippen LogP contribution is -2.32. The van der Waals surface area contributed by atoms with Crippen LogP contribution in [0.5, 0.6) is 23.0 Å². The number of para-hydroxylation sites is 4. The van der Waals surface area contributed by atoms with Crippen LogP contribution in [-0.2, 0) is 93.0 Å². The Hall–Kier alpha value is -12.4. The van der Waals surface area contributed by atoms with Gasteiger partial charge in [0.25, 0.3) is 23.6 Å². The lowest BCUT2D eigenvalue weighted by molar-refractivity contribution is 0.0963. The highest BCUT2D eigenvalue weighted by Gasteiger charge is 2.29. The van der Waals surface area contributed by atoms with Crippen molar-refractivity contribution in [3.63, 3.8) is 0 Å². The molecule has 0 spiro atoms. The van der Waals surface area contributed by atoms with Crippen LogP contribution in [0, 0.1) is 34.6 Å². The van der Waals surface area contributed by atoms with Crippen LogP contribution < -0.4 is 37.8 Å². The smallest absolute Gasteiger partial charge is 0.281 e. The zero-order valence-electron chi connectivity index (χ0n) is 75.1. The van der Waals surface area contributed by atoms with Gasteiger partial charge in [-0.3, -0.25) is 19.2 Å². The Morgan fingerprint density at radius 3 is 0.962 bits per heavy atom. The summed E-state index contributed by atoms with van der Waals surface area (Å²) in [6.07, 6.45) is 8.77. The van der Waals surface area contributed by atoms with E-state index in [1.54, 1.807) is 29.3 Å². The number of carbonyl (C=O) groups excluding carboxylic acids is 4. The van der Waals surface area contributed by atoms with E-state index in [9.17, 15) is 52.8 Å². The molecule has 690 valence electrons. The van der Waals surface area contributed by atoms with E-state index in [-0.39, 0.29) is 0 Å². The van der Waals surface area contributed by atoms with Crippen molar-refractivity contribution in [2.24, 2.45) is 14.1 Å². The third kappa shape index (κ3) is 25.7. The van der Waals surface area contributed by atoms with Crippen LogP contribution in [0.2, 0.25) is 15.1 Å². The number of rotatable bonds is 32. The molecule has 0 atom stereocenters. The molecule has 15 rings (SSSR count). The maximum Gasteiger partial charge on any atom is 0.281 e. The van der Waals surface area contributed by atoms with Gasteiger partial charge in [-0.2, -0.15) is 0 Å². The number of fused-ring (bicyclic) bond motifs is 5. The molecule has 0 aliphatic rings. The average molecular weight is 1920 g/mol. The Labute approximate surface area is 785 Å². The van der Waals surface area contributed by atoms with Gasteiger partial charge in [-0.05, 0) is 225 Å². The molecule has 4 heterocycles. The van der Waals surface area contributed by atoms with Crippen LogP contribution in [0.25, 0.3) is 54.4 Å². The highest BCUT2D eigenvalue weighted by molar-refractivity contribution is 7.90. The summed E-state index contributed by atoms with van der Waals surface area (Å²) in [5.41, 5.74) is 14.9. The van der Waals surface area contributed by atoms with E-state index in [1.807, 2.05) is 280 Å². The number of sulfonamides is 4. The third-order valence-corrected chi connectivity index (χ3v) is 25.8. The van der Waals surface area contributed by atoms with Crippen molar-refractivity contribution >= 4 is 153 Å². The molecule has 4 N–H and O–H groups in total. The monoisotopic (exact) mass is 1920 g/mol. The number of hydrogen-bond donors (Lipinski definition) is 4. The van der Waals surface area contributed by atoms with Crippen LogP contribution in [0.15, 0.2) is 243 Å². The lowest BCUT2D eigenvalue weighted by Gasteiger charge is -2.13. The highest BCUT2D eigenvalue weighted by Crippen LogP contribution is 2.36. The fourth-order valence-electron chi connectivity index (χ4n) is 16.3. The summed E-state index contributed by atoms with van der Waals surface area (Å²) in [6, 6.07) is 77.5. The minimum absolute atomic E-state index is 0.347. The summed E-state index contributed by atoms with van der Waals surface area (Å²) in [4.78, 5) is 51.9. The second kappa shape index (κ2) is 43.8. The maximum atomic E-state index is 13.3. The van der Waals surface area contributed by atoms with E-state index in [0.717, 1.165) is 174 Å². The van der Waals surface area contributed by atoms with Crippen LogP contribution in [0.3, 0.4) is 0 Å². The van der Waals surface area contributed by atoms with Gasteiger partial charge in [0.05, 0.1) is 51.5 Å². The number of carbonyl (C=O) groups is 4. The maximum absolute atomic E-state index is 13.3. The molecule has 0 aliphatic carbocycles. The number of hydrogen-bond acceptors (Lipinski definition) is 16. The number of aryl methyl sites for hydroxylation is 11. The highest BCUT2D eigenvalue weighted by atomic mass is 35.5. The topological polar surface area (TPSA) is 310 Å². The van der Waals surface area contributed by atoms with Crippen molar-refractivity contribution in [3.8, 4) is 23.0 Å². The Bertz CT molecular complexity index is 7230. The predicted molar refractivity (Wildman–Crippen MR) is 527 cm³/mol. The van der Waals surface area contributed by atoms with Gasteiger partial charge >= 0.3 is 0 Å². The van der Waals surface area contributed by atoms with E-state index in [4.69, 9.17) is 53.8 Å². The molecule has 0 aliphatic heterocycles. The fraction of sp³-hybridized carbons (Fsp3) is 0.248. The van der Waals surface area contributed by atoms with Crippen LogP contribution in [-0.4, -0.2) is 127 Å². The summed E-state index contributed by atoms with van der Waals surface area (Å²) < 4.78 is 134. The Balaban J connectivity index is 0.000000159. The number of benzene rings is 11. The van der Waals surface area contributed by atoms with Crippen LogP contribution in [0.1, 0.15) is 129 Å². The molecular formula is C101H105Cl3N8O16S4. The van der Waals surface area contributed by atoms with Crippen molar-refractivity contribution in [2.45, 2.75) is 99.1 Å². The minimum atomic E-state index is -3.74. The first-order valence-corrected chi connectivity index (χ1v) is 51.3. The van der Waals surface area contributed by atoms with E-state index >= 15 is 0 Å². The first-order chi connectivity index (χ1) is 62.8. The number of amides is 4. The van der Waals surface area contributed by atoms with Crippen LogP contribution >= 0.6 is 34.8 Å². The molecule has 4 aromatic heterocycles. The van der Waals surface area contributed by atoms with Crippen molar-refractivity contribution in [1.82, 2.24) is 37.2 Å². The van der Waals surface area contributed by atoms with Gasteiger partial charge in [0.15, 0.2) is 0 Å². The quantitative estimate of drug-likeness (QED) is 0.0285. The van der Waals surface area contributed by atoms with Crippen LogP contribution in [0.4, 0.5) is 0 Å². The Kier molecular flexibility index (Phi) is 32.7. The van der Waals surface area contributed by atoms with Gasteiger partial charge in [0.2, 0.25) is 40.1 Å². The van der Waals surface area contributed by atoms with E-state index in [2.05, 4.69) is 18.9 Å². The number of aromatic nitrogens is 4. The first kappa shape index (κ1) is 98.6. The molecule has 0 radical (unpaired) electrons. The van der Waals surface area contributed by atoms with E-state index in [0.29, 0.717) is 119 Å². The molecule has 0 saturated carbocycles. The summed E-state index contributed by atoms with van der Waals surface area (Å²) in [6.45, 7) is 12.4. The molecule has 4 amide bonds. The Morgan fingerprint density at radius 2 is 0.598 bits per heavy atom. The second-order valence-corrected chi connectivity index (χ2v) is 40.5. The average Bonchev–Trinajstić information content (AvgIpc) is 1.59. The third-order valence-electron chi connectivity index (χ3n) is 22.0. The molecule has 0 unspecified atom stereocenters. The molecule has 11 aromatic carbocycles. The second-order valence-electron chi connectivity index (χ2n) is 32.4. The number of nitrogens with zero attached hydrogens (tertiary/aromatic N) is 4. The van der Waals surface area contributed by atoms with Gasteiger partial charge in [0, 0.05) is 91.3 Å².